The fourth-order valence-electron chi connectivity index (χ4n) is 17.2. The summed E-state index contributed by atoms with van der Waals surface area (Å²) in [6.45, 7) is 18.9. The maximum atomic E-state index is 10.3. The minimum atomic E-state index is -0.852. The number of hydrogen-bond acceptors (Lipinski definition) is 5. The van der Waals surface area contributed by atoms with Crippen molar-refractivity contribution in [1.82, 2.24) is 28.7 Å². The molecule has 546 valence electrons. The van der Waals surface area contributed by atoms with Gasteiger partial charge in [-0.3, -0.25) is 0 Å². The number of nitrogens with zero attached hydrogens (tertiary/aromatic N) is 8. The van der Waals surface area contributed by atoms with Gasteiger partial charge < -0.3 is 23.5 Å². The van der Waals surface area contributed by atoms with Crippen LogP contribution < -0.4 is 26.2 Å². The number of hydrogen-bond donors (Lipinski definition) is 0. The first-order valence-electron chi connectivity index (χ1n) is 46.5. The van der Waals surface area contributed by atoms with Gasteiger partial charge in [-0.15, -0.1) is 0 Å². The molecule has 0 bridgehead atoms. The van der Waals surface area contributed by atoms with Crippen LogP contribution in [-0.4, -0.2) is 35.4 Å². The third-order valence-corrected chi connectivity index (χ3v) is 22.8. The van der Waals surface area contributed by atoms with Crippen molar-refractivity contribution in [2.24, 2.45) is 0 Å². The van der Waals surface area contributed by atoms with Crippen molar-refractivity contribution in [3.8, 4) is 73.5 Å². The standard InChI is InChI=1S/C105H83BN8/c1-103(2,3)71-47-55-92-82(59-71)83-60-72(104(4,5)6)48-56-93(83)111(92)75-51-53-86-96(63-75)114(94-57-49-73(105(7,8)9)61-84(94)102-108-100(68-34-18-12-19-35-68)107-101(109-102)69-36-20-13-21-37-69)98-65-76(112-89-44-28-24-40-79(89)80-41-25-29-45-90(80)112)64-97-99(98)106(86)85-52-50-74(110-87-42-26-22-38-77(87)78-39-23-27-43-88(78)110)62-95(85)113(97)91-54-46-70(66-30-14-10-15-31-66)58-81(91)67-32-16-11-17-33-67/h10-65H,1-9H3/i22D,23D,24D,25D,26D,27D,28D,29D,38D,39D,40D,41D,42D,43D,44D,45D. The van der Waals surface area contributed by atoms with Crippen molar-refractivity contribution in [2.75, 3.05) is 9.80 Å². The van der Waals surface area contributed by atoms with Crippen LogP contribution in [0.3, 0.4) is 0 Å². The second kappa shape index (κ2) is 26.0. The van der Waals surface area contributed by atoms with Gasteiger partial charge in [0.15, 0.2) is 17.5 Å². The molecular weight excluding hydrogens is 1380 g/mol. The van der Waals surface area contributed by atoms with Crippen LogP contribution in [0.4, 0.5) is 34.1 Å². The van der Waals surface area contributed by atoms with Crippen LogP contribution in [0.5, 0.6) is 0 Å². The first-order chi connectivity index (χ1) is 62.1. The monoisotopic (exact) mass is 1480 g/mol. The Labute approximate surface area is 687 Å². The molecule has 8 nitrogen and oxygen atoms in total. The van der Waals surface area contributed by atoms with E-state index in [0.717, 1.165) is 77.5 Å². The number of rotatable bonds is 10. The molecule has 15 aromatic carbocycles. The maximum Gasteiger partial charge on any atom is 0.252 e. The Bertz CT molecular complexity index is 7860. The van der Waals surface area contributed by atoms with E-state index in [0.29, 0.717) is 73.7 Å². The van der Waals surface area contributed by atoms with Crippen molar-refractivity contribution >= 4 is 123 Å². The van der Waals surface area contributed by atoms with Gasteiger partial charge in [0.05, 0.1) is 72.1 Å². The zero-order chi connectivity index (χ0) is 91.0. The average Bonchev–Trinajstić information content (AvgIpc) is 1.12. The molecule has 6 heterocycles. The summed E-state index contributed by atoms with van der Waals surface area (Å²) >= 11 is 0. The van der Waals surface area contributed by atoms with E-state index in [2.05, 4.69) is 156 Å². The number of fused-ring (bicyclic) bond motifs is 13. The van der Waals surface area contributed by atoms with Gasteiger partial charge in [-0.2, -0.15) is 0 Å². The van der Waals surface area contributed by atoms with E-state index in [1.165, 1.54) is 4.57 Å². The summed E-state index contributed by atoms with van der Waals surface area (Å²) in [5, 5.41) is 1.57. The lowest BCUT2D eigenvalue weighted by atomic mass is 9.33. The van der Waals surface area contributed by atoms with E-state index in [1.807, 2.05) is 164 Å². The molecular formula is C105H83BN8. The molecule has 0 aliphatic carbocycles. The van der Waals surface area contributed by atoms with E-state index in [9.17, 15) is 19.2 Å². The van der Waals surface area contributed by atoms with Gasteiger partial charge in [0, 0.05) is 88.7 Å². The summed E-state index contributed by atoms with van der Waals surface area (Å²) in [6, 6.07) is 72.6. The fraction of sp³-hybridized carbons (Fsp3) is 0.114. The molecule has 0 fully saturated rings. The molecule has 0 saturated carbocycles. The van der Waals surface area contributed by atoms with Crippen molar-refractivity contribution < 1.29 is 21.9 Å². The zero-order valence-electron chi connectivity index (χ0n) is 80.2. The minimum absolute atomic E-state index is 0.100. The van der Waals surface area contributed by atoms with Gasteiger partial charge in [-0.25, -0.2) is 15.0 Å². The molecule has 0 unspecified atom stereocenters. The van der Waals surface area contributed by atoms with Crippen LogP contribution in [-0.2, 0) is 16.2 Å². The van der Waals surface area contributed by atoms with Crippen molar-refractivity contribution in [3.63, 3.8) is 0 Å². The Balaban J connectivity index is 0.984. The Morgan fingerprint density at radius 3 is 1.07 bits per heavy atom. The lowest BCUT2D eigenvalue weighted by Gasteiger charge is -2.45. The summed E-state index contributed by atoms with van der Waals surface area (Å²) in [7, 11) is 0. The first-order valence-corrected chi connectivity index (χ1v) is 38.5. The van der Waals surface area contributed by atoms with E-state index in [4.69, 9.17) is 17.7 Å². The Kier molecular flexibility index (Phi) is 12.1. The summed E-state index contributed by atoms with van der Waals surface area (Å²) < 4.78 is 160. The van der Waals surface area contributed by atoms with E-state index < -0.39 is 109 Å². The average molecular weight is 1480 g/mol. The molecule has 19 aromatic rings. The summed E-state index contributed by atoms with van der Waals surface area (Å²) in [5.74, 6) is 1.10. The molecule has 2 aliphatic rings. The normalized spacial score (nSPS) is 14.9. The molecule has 0 saturated heterocycles. The van der Waals surface area contributed by atoms with E-state index in [-0.39, 0.29) is 65.8 Å². The predicted octanol–water partition coefficient (Wildman–Crippen LogP) is 25.5. The van der Waals surface area contributed by atoms with E-state index in [1.54, 1.807) is 4.57 Å². The van der Waals surface area contributed by atoms with E-state index >= 15 is 0 Å². The molecule has 2 aliphatic heterocycles. The number of benzene rings is 15. The smallest absolute Gasteiger partial charge is 0.252 e. The molecule has 9 heteroatoms. The van der Waals surface area contributed by atoms with Crippen molar-refractivity contribution in [3.05, 3.63) is 356 Å². The van der Waals surface area contributed by atoms with Crippen molar-refractivity contribution in [2.45, 2.75) is 78.6 Å². The fourth-order valence-corrected chi connectivity index (χ4v) is 17.2. The zero-order valence-corrected chi connectivity index (χ0v) is 64.2. The molecule has 0 amide bonds. The van der Waals surface area contributed by atoms with Crippen LogP contribution in [0, 0.1) is 0 Å². The number of anilines is 6. The lowest BCUT2D eigenvalue weighted by Crippen LogP contribution is -2.61. The van der Waals surface area contributed by atoms with Gasteiger partial charge in [-0.1, -0.05) is 293 Å². The van der Waals surface area contributed by atoms with Gasteiger partial charge in [0.25, 0.3) is 6.71 Å². The Hall–Kier alpha value is -13.6. The lowest BCUT2D eigenvalue weighted by molar-refractivity contribution is 0.590. The molecule has 0 radical (unpaired) electrons. The molecule has 4 aromatic heterocycles. The molecule has 21 rings (SSSR count). The molecule has 0 spiro atoms. The Morgan fingerprint density at radius 2 is 0.623 bits per heavy atom. The highest BCUT2D eigenvalue weighted by molar-refractivity contribution is 7.00. The minimum Gasteiger partial charge on any atom is -0.311 e. The summed E-state index contributed by atoms with van der Waals surface area (Å²) in [4.78, 5) is 20.8. The Morgan fingerprint density at radius 1 is 0.263 bits per heavy atom. The van der Waals surface area contributed by atoms with Gasteiger partial charge in [-0.05, 0) is 175 Å². The molecule has 114 heavy (non-hydrogen) atoms. The van der Waals surface area contributed by atoms with Gasteiger partial charge >= 0.3 is 0 Å². The predicted molar refractivity (Wildman–Crippen MR) is 480 cm³/mol. The second-order valence-corrected chi connectivity index (χ2v) is 32.8. The molecule has 0 atom stereocenters. The van der Waals surface area contributed by atoms with Gasteiger partial charge in [0.2, 0.25) is 0 Å². The quantitative estimate of drug-likeness (QED) is 0.128. The number of aromatic nitrogens is 6. The number of para-hydroxylation sites is 4. The largest absolute Gasteiger partial charge is 0.311 e. The highest BCUT2D eigenvalue weighted by Crippen LogP contribution is 2.53. The summed E-state index contributed by atoms with van der Waals surface area (Å²) in [6.07, 6.45) is 0. The second-order valence-electron chi connectivity index (χ2n) is 32.8. The van der Waals surface area contributed by atoms with Crippen LogP contribution in [0.2, 0.25) is 0 Å². The maximum absolute atomic E-state index is 10.3. The highest BCUT2D eigenvalue weighted by atomic mass is 15.2. The van der Waals surface area contributed by atoms with Crippen LogP contribution in [0.1, 0.15) is 101 Å². The van der Waals surface area contributed by atoms with Crippen LogP contribution in [0.25, 0.3) is 139 Å². The van der Waals surface area contributed by atoms with Gasteiger partial charge in [0.1, 0.15) is 0 Å². The third-order valence-electron chi connectivity index (χ3n) is 22.8. The summed E-state index contributed by atoms with van der Waals surface area (Å²) in [5.41, 5.74) is 15.4. The molecule has 0 N–H and O–H groups in total. The SMILES string of the molecule is [2H]c1c([2H])c([2H])c2c(c1[2H])c1c([2H])c([2H])c([2H])c([2H])c1n2-c1ccc2c(c1)N(c1ccc(-c3ccccc3)cc1-c1ccccc1)c1cc(-n3c4c([2H])c([2H])c([2H])c([2H])c4c4c([2H])c([2H])c([2H])c([2H])c43)cc3c1B2c1ccc(-n2c4ccc(C(C)(C)C)cc4c4cc(C(C)(C)C)ccc42)cc1N3c1ccc(C(C)(C)C)cc1-c1nc(-c2ccccc2)nc(-c2ccccc2)n1. The topological polar surface area (TPSA) is 59.9 Å². The highest BCUT2D eigenvalue weighted by Gasteiger charge is 2.46. The van der Waals surface area contributed by atoms with Crippen molar-refractivity contribution in [1.29, 1.82) is 0 Å². The third kappa shape index (κ3) is 11.1. The first kappa shape index (κ1) is 53.3. The van der Waals surface area contributed by atoms with Crippen LogP contribution >= 0.6 is 0 Å². The van der Waals surface area contributed by atoms with Crippen LogP contribution in [0.15, 0.2) is 339 Å².